The van der Waals surface area contributed by atoms with E-state index < -0.39 is 0 Å². The lowest BCUT2D eigenvalue weighted by molar-refractivity contribution is 0.408. The second-order valence-corrected chi connectivity index (χ2v) is 7.06. The number of aromatic nitrogens is 2. The van der Waals surface area contributed by atoms with Crippen molar-refractivity contribution in [3.8, 4) is 11.4 Å². The fourth-order valence-electron chi connectivity index (χ4n) is 3.32. The third-order valence-corrected chi connectivity index (χ3v) is 4.79. The van der Waals surface area contributed by atoms with Crippen LogP contribution in [0, 0.1) is 20.8 Å². The summed E-state index contributed by atoms with van der Waals surface area (Å²) in [6, 6.07) is 16.6. The molecule has 0 fully saturated rings. The average Bonchev–Trinajstić information content (AvgIpc) is 3.06. The normalized spacial score (nSPS) is 11.4. The molecule has 0 bridgehead atoms. The van der Waals surface area contributed by atoms with Crippen LogP contribution in [0.3, 0.4) is 0 Å². The Morgan fingerprint density at radius 3 is 2.38 bits per heavy atom. The molecule has 2 aromatic carbocycles. The standard InChI is InChI=1S/C23H29N5O/c1-16-10-11-20(22(12-16)29-5)15-26-23(24-4)25-14-19-8-6-7-9-21(19)28-18(3)13-17(2)27-28/h6-13H,14-15H2,1-5H3,(H2,24,25,26). The number of hydrogen-bond donors (Lipinski definition) is 2. The van der Waals surface area contributed by atoms with Crippen molar-refractivity contribution in [2.75, 3.05) is 14.2 Å². The molecule has 3 aromatic rings. The van der Waals surface area contributed by atoms with Gasteiger partial charge in [0.15, 0.2) is 5.96 Å². The lowest BCUT2D eigenvalue weighted by atomic mass is 10.1. The van der Waals surface area contributed by atoms with Gasteiger partial charge in [-0.25, -0.2) is 4.68 Å². The van der Waals surface area contributed by atoms with Gasteiger partial charge in [-0.2, -0.15) is 5.10 Å². The Morgan fingerprint density at radius 2 is 1.72 bits per heavy atom. The maximum Gasteiger partial charge on any atom is 0.191 e. The first-order chi connectivity index (χ1) is 14.0. The van der Waals surface area contributed by atoms with Gasteiger partial charge in [-0.3, -0.25) is 4.99 Å². The minimum Gasteiger partial charge on any atom is -0.496 e. The number of nitrogens with one attached hydrogen (secondary N) is 2. The van der Waals surface area contributed by atoms with Crippen LogP contribution >= 0.6 is 0 Å². The van der Waals surface area contributed by atoms with Crippen molar-refractivity contribution in [2.45, 2.75) is 33.9 Å². The molecule has 0 aliphatic rings. The molecule has 6 heteroatoms. The summed E-state index contributed by atoms with van der Waals surface area (Å²) in [4.78, 5) is 4.35. The number of guanidine groups is 1. The van der Waals surface area contributed by atoms with Gasteiger partial charge in [0.25, 0.3) is 0 Å². The zero-order valence-corrected chi connectivity index (χ0v) is 17.8. The summed E-state index contributed by atoms with van der Waals surface area (Å²) in [5.74, 6) is 1.61. The minimum atomic E-state index is 0.627. The lowest BCUT2D eigenvalue weighted by Crippen LogP contribution is -2.36. The highest BCUT2D eigenvalue weighted by Crippen LogP contribution is 2.20. The highest BCUT2D eigenvalue weighted by molar-refractivity contribution is 5.79. The van der Waals surface area contributed by atoms with Crippen molar-refractivity contribution in [3.05, 3.63) is 76.6 Å². The first-order valence-electron chi connectivity index (χ1n) is 9.71. The molecule has 3 rings (SSSR count). The molecule has 0 saturated heterocycles. The summed E-state index contributed by atoms with van der Waals surface area (Å²) < 4.78 is 7.48. The van der Waals surface area contributed by atoms with Crippen molar-refractivity contribution in [2.24, 2.45) is 4.99 Å². The Hall–Kier alpha value is -3.28. The van der Waals surface area contributed by atoms with Crippen LogP contribution in [-0.4, -0.2) is 29.9 Å². The summed E-state index contributed by atoms with van der Waals surface area (Å²) in [5, 5.41) is 11.4. The molecule has 152 valence electrons. The molecule has 6 nitrogen and oxygen atoms in total. The van der Waals surface area contributed by atoms with Gasteiger partial charge in [-0.1, -0.05) is 30.3 Å². The van der Waals surface area contributed by atoms with Crippen LogP contribution in [0.15, 0.2) is 53.5 Å². The quantitative estimate of drug-likeness (QED) is 0.497. The summed E-state index contributed by atoms with van der Waals surface area (Å²) in [7, 11) is 3.47. The maximum absolute atomic E-state index is 5.49. The van der Waals surface area contributed by atoms with E-state index in [0.717, 1.165) is 39.9 Å². The fraction of sp³-hybridized carbons (Fsp3) is 0.304. The van der Waals surface area contributed by atoms with Crippen molar-refractivity contribution < 1.29 is 4.74 Å². The maximum atomic E-state index is 5.49. The Bertz CT molecular complexity index is 1010. The van der Waals surface area contributed by atoms with Gasteiger partial charge in [0.1, 0.15) is 5.75 Å². The van der Waals surface area contributed by atoms with Crippen LogP contribution in [0.25, 0.3) is 5.69 Å². The predicted molar refractivity (Wildman–Crippen MR) is 118 cm³/mol. The predicted octanol–water partition coefficient (Wildman–Crippen LogP) is 3.67. The summed E-state index contributed by atoms with van der Waals surface area (Å²) in [5.41, 5.74) is 6.60. The molecule has 0 atom stereocenters. The van der Waals surface area contributed by atoms with E-state index in [1.165, 1.54) is 5.56 Å². The van der Waals surface area contributed by atoms with E-state index >= 15 is 0 Å². The Labute approximate surface area is 172 Å². The Balaban J connectivity index is 1.69. The van der Waals surface area contributed by atoms with Gasteiger partial charge in [-0.15, -0.1) is 0 Å². The van der Waals surface area contributed by atoms with Crippen LogP contribution in [0.5, 0.6) is 5.75 Å². The van der Waals surface area contributed by atoms with Crippen LogP contribution in [0.1, 0.15) is 28.1 Å². The van der Waals surface area contributed by atoms with Crippen molar-refractivity contribution in [1.29, 1.82) is 0 Å². The minimum absolute atomic E-state index is 0.627. The number of aryl methyl sites for hydroxylation is 3. The zero-order chi connectivity index (χ0) is 20.8. The van der Waals surface area contributed by atoms with Gasteiger partial charge >= 0.3 is 0 Å². The molecule has 0 spiro atoms. The molecule has 1 aromatic heterocycles. The van der Waals surface area contributed by atoms with Gasteiger partial charge in [-0.05, 0) is 50.1 Å². The van der Waals surface area contributed by atoms with E-state index in [0.29, 0.717) is 13.1 Å². The number of methoxy groups -OCH3 is 1. The molecule has 1 heterocycles. The van der Waals surface area contributed by atoms with E-state index in [9.17, 15) is 0 Å². The van der Waals surface area contributed by atoms with E-state index in [4.69, 9.17) is 4.74 Å². The second-order valence-electron chi connectivity index (χ2n) is 7.06. The molecule has 0 radical (unpaired) electrons. The number of nitrogens with zero attached hydrogens (tertiary/aromatic N) is 3. The van der Waals surface area contributed by atoms with Gasteiger partial charge in [0, 0.05) is 31.4 Å². The molecule has 29 heavy (non-hydrogen) atoms. The monoisotopic (exact) mass is 391 g/mol. The zero-order valence-electron chi connectivity index (χ0n) is 17.8. The molecular formula is C23H29N5O. The molecular weight excluding hydrogens is 362 g/mol. The molecule has 0 amide bonds. The van der Waals surface area contributed by atoms with E-state index in [1.54, 1.807) is 14.2 Å². The van der Waals surface area contributed by atoms with Crippen LogP contribution < -0.4 is 15.4 Å². The van der Waals surface area contributed by atoms with E-state index in [2.05, 4.69) is 64.9 Å². The highest BCUT2D eigenvalue weighted by Gasteiger charge is 2.10. The number of benzene rings is 2. The van der Waals surface area contributed by atoms with Crippen LogP contribution in [0.2, 0.25) is 0 Å². The fourth-order valence-corrected chi connectivity index (χ4v) is 3.32. The number of para-hydroxylation sites is 1. The SMILES string of the molecule is CN=C(NCc1ccc(C)cc1OC)NCc1ccccc1-n1nc(C)cc1C. The molecule has 0 aliphatic carbocycles. The topological polar surface area (TPSA) is 63.5 Å². The number of hydrogen-bond acceptors (Lipinski definition) is 3. The lowest BCUT2D eigenvalue weighted by Gasteiger charge is -2.16. The van der Waals surface area contributed by atoms with Gasteiger partial charge in [0.05, 0.1) is 18.5 Å². The van der Waals surface area contributed by atoms with E-state index in [1.807, 2.05) is 29.8 Å². The van der Waals surface area contributed by atoms with Crippen molar-refractivity contribution in [1.82, 2.24) is 20.4 Å². The second kappa shape index (κ2) is 9.28. The van der Waals surface area contributed by atoms with Gasteiger partial charge in [0.2, 0.25) is 0 Å². The van der Waals surface area contributed by atoms with Gasteiger partial charge < -0.3 is 15.4 Å². The van der Waals surface area contributed by atoms with Crippen LogP contribution in [-0.2, 0) is 13.1 Å². The summed E-state index contributed by atoms with van der Waals surface area (Å²) >= 11 is 0. The number of ether oxygens (including phenoxy) is 1. The molecule has 0 aliphatic heterocycles. The van der Waals surface area contributed by atoms with Crippen molar-refractivity contribution >= 4 is 5.96 Å². The van der Waals surface area contributed by atoms with Crippen molar-refractivity contribution in [3.63, 3.8) is 0 Å². The first kappa shape index (κ1) is 20.5. The summed E-state index contributed by atoms with van der Waals surface area (Å²) in [6.07, 6.45) is 0. The third kappa shape index (κ3) is 4.96. The molecule has 0 saturated carbocycles. The largest absolute Gasteiger partial charge is 0.496 e. The first-order valence-corrected chi connectivity index (χ1v) is 9.71. The smallest absolute Gasteiger partial charge is 0.191 e. The molecule has 0 unspecified atom stereocenters. The Kier molecular flexibility index (Phi) is 6.54. The number of aliphatic imine (C=N–C) groups is 1. The summed E-state index contributed by atoms with van der Waals surface area (Å²) in [6.45, 7) is 7.40. The molecule has 2 N–H and O–H groups in total. The van der Waals surface area contributed by atoms with Crippen LogP contribution in [0.4, 0.5) is 0 Å². The van der Waals surface area contributed by atoms with E-state index in [-0.39, 0.29) is 0 Å². The Morgan fingerprint density at radius 1 is 1.00 bits per heavy atom. The average molecular weight is 392 g/mol. The third-order valence-electron chi connectivity index (χ3n) is 4.79. The number of rotatable bonds is 6. The highest BCUT2D eigenvalue weighted by atomic mass is 16.5.